The molecule has 0 saturated carbocycles. The normalized spacial score (nSPS) is 10.1. The van der Waals surface area contributed by atoms with Crippen molar-refractivity contribution in [2.75, 3.05) is 11.9 Å². The first kappa shape index (κ1) is 20.9. The van der Waals surface area contributed by atoms with Crippen LogP contribution in [0.15, 0.2) is 84.9 Å². The number of hydrogen-bond acceptors (Lipinski definition) is 2. The standard InChI is InChI=1S/C26H24N2O2/c1-20(29)28-24-16-14-21(15-17-24)9-8-18-27-26(30)19-25(22-10-4-2-5-11-22)23-12-6-3-7-13-23/h2-7,10-17,25H,18-19H2,1H3,(H,27,30)(H,28,29). The molecule has 3 rings (SSSR count). The number of carbonyl (C=O) groups excluding carboxylic acids is 2. The lowest BCUT2D eigenvalue weighted by Gasteiger charge is -2.17. The van der Waals surface area contributed by atoms with Gasteiger partial charge in [-0.15, -0.1) is 0 Å². The third-order valence-corrected chi connectivity index (χ3v) is 4.61. The van der Waals surface area contributed by atoms with Crippen molar-refractivity contribution in [2.24, 2.45) is 0 Å². The second kappa shape index (κ2) is 10.6. The van der Waals surface area contributed by atoms with Crippen LogP contribution in [-0.4, -0.2) is 18.4 Å². The van der Waals surface area contributed by atoms with Crippen molar-refractivity contribution in [2.45, 2.75) is 19.3 Å². The summed E-state index contributed by atoms with van der Waals surface area (Å²) in [4.78, 5) is 23.6. The monoisotopic (exact) mass is 396 g/mol. The lowest BCUT2D eigenvalue weighted by molar-refractivity contribution is -0.121. The van der Waals surface area contributed by atoms with Crippen LogP contribution in [0.1, 0.15) is 36.0 Å². The third-order valence-electron chi connectivity index (χ3n) is 4.61. The van der Waals surface area contributed by atoms with E-state index in [1.165, 1.54) is 6.92 Å². The highest BCUT2D eigenvalue weighted by molar-refractivity contribution is 5.88. The summed E-state index contributed by atoms with van der Waals surface area (Å²) in [5.41, 5.74) is 3.78. The summed E-state index contributed by atoms with van der Waals surface area (Å²) >= 11 is 0. The van der Waals surface area contributed by atoms with Gasteiger partial charge in [0.1, 0.15) is 0 Å². The van der Waals surface area contributed by atoms with Crippen LogP contribution in [0.2, 0.25) is 0 Å². The topological polar surface area (TPSA) is 58.2 Å². The Bertz CT molecular complexity index is 994. The molecule has 0 fully saturated rings. The van der Waals surface area contributed by atoms with Crippen LogP contribution in [0.4, 0.5) is 5.69 Å². The number of benzene rings is 3. The van der Waals surface area contributed by atoms with Gasteiger partial charge in [-0.2, -0.15) is 0 Å². The molecule has 0 saturated heterocycles. The highest BCUT2D eigenvalue weighted by Gasteiger charge is 2.17. The molecule has 0 aliphatic rings. The predicted molar refractivity (Wildman–Crippen MR) is 120 cm³/mol. The second-order valence-corrected chi connectivity index (χ2v) is 6.92. The van der Waals surface area contributed by atoms with Crippen LogP contribution < -0.4 is 10.6 Å². The molecule has 3 aromatic carbocycles. The van der Waals surface area contributed by atoms with Crippen LogP contribution in [0.5, 0.6) is 0 Å². The minimum absolute atomic E-state index is 0.00156. The number of hydrogen-bond donors (Lipinski definition) is 2. The molecule has 3 aromatic rings. The van der Waals surface area contributed by atoms with Gasteiger partial charge in [0.15, 0.2) is 0 Å². The van der Waals surface area contributed by atoms with Crippen molar-refractivity contribution in [3.8, 4) is 11.8 Å². The zero-order valence-electron chi connectivity index (χ0n) is 16.9. The maximum atomic E-state index is 12.5. The van der Waals surface area contributed by atoms with Crippen molar-refractivity contribution in [1.82, 2.24) is 5.32 Å². The first-order valence-corrected chi connectivity index (χ1v) is 9.85. The lowest BCUT2D eigenvalue weighted by Crippen LogP contribution is -2.25. The molecule has 0 aliphatic heterocycles. The summed E-state index contributed by atoms with van der Waals surface area (Å²) in [5, 5.41) is 5.61. The fourth-order valence-corrected chi connectivity index (χ4v) is 3.19. The molecule has 4 heteroatoms. The van der Waals surface area contributed by atoms with Gasteiger partial charge in [-0.05, 0) is 35.4 Å². The molecule has 0 radical (unpaired) electrons. The van der Waals surface area contributed by atoms with Gasteiger partial charge >= 0.3 is 0 Å². The Labute approximate surface area is 177 Å². The van der Waals surface area contributed by atoms with E-state index in [1.807, 2.05) is 48.5 Å². The lowest BCUT2D eigenvalue weighted by atomic mass is 9.88. The van der Waals surface area contributed by atoms with E-state index in [9.17, 15) is 9.59 Å². The molecule has 30 heavy (non-hydrogen) atoms. The zero-order valence-corrected chi connectivity index (χ0v) is 16.9. The molecule has 0 aromatic heterocycles. The number of nitrogens with one attached hydrogen (secondary N) is 2. The second-order valence-electron chi connectivity index (χ2n) is 6.92. The van der Waals surface area contributed by atoms with Gasteiger partial charge in [-0.1, -0.05) is 72.5 Å². The first-order chi connectivity index (χ1) is 14.6. The van der Waals surface area contributed by atoms with E-state index < -0.39 is 0 Å². The average molecular weight is 396 g/mol. The van der Waals surface area contributed by atoms with E-state index in [-0.39, 0.29) is 24.3 Å². The number of rotatable bonds is 6. The Morgan fingerprint density at radius 2 is 1.40 bits per heavy atom. The van der Waals surface area contributed by atoms with Crippen molar-refractivity contribution in [1.29, 1.82) is 0 Å². The van der Waals surface area contributed by atoms with Gasteiger partial charge in [0.05, 0.1) is 6.54 Å². The summed E-state index contributed by atoms with van der Waals surface area (Å²) in [6, 6.07) is 27.4. The third kappa shape index (κ3) is 6.35. The maximum absolute atomic E-state index is 12.5. The molecule has 4 nitrogen and oxygen atoms in total. The molecular formula is C26H24N2O2. The summed E-state index contributed by atoms with van der Waals surface area (Å²) in [7, 11) is 0. The van der Waals surface area contributed by atoms with E-state index in [4.69, 9.17) is 0 Å². The van der Waals surface area contributed by atoms with Gasteiger partial charge < -0.3 is 10.6 Å². The Balaban J connectivity index is 1.58. The van der Waals surface area contributed by atoms with E-state index in [2.05, 4.69) is 46.7 Å². The first-order valence-electron chi connectivity index (χ1n) is 9.85. The molecule has 150 valence electrons. The molecule has 0 bridgehead atoms. The number of anilines is 1. The minimum atomic E-state index is -0.110. The fraction of sp³-hybridized carbons (Fsp3) is 0.154. The van der Waals surface area contributed by atoms with Crippen LogP contribution >= 0.6 is 0 Å². The minimum Gasteiger partial charge on any atom is -0.345 e. The highest BCUT2D eigenvalue weighted by atomic mass is 16.2. The number of carbonyl (C=O) groups is 2. The largest absolute Gasteiger partial charge is 0.345 e. The molecule has 0 aliphatic carbocycles. The smallest absolute Gasteiger partial charge is 0.221 e. The van der Waals surface area contributed by atoms with E-state index in [1.54, 1.807) is 12.1 Å². The van der Waals surface area contributed by atoms with Crippen molar-refractivity contribution in [3.63, 3.8) is 0 Å². The molecule has 2 N–H and O–H groups in total. The van der Waals surface area contributed by atoms with Gasteiger partial charge in [0.25, 0.3) is 0 Å². The van der Waals surface area contributed by atoms with E-state index >= 15 is 0 Å². The highest BCUT2D eigenvalue weighted by Crippen LogP contribution is 2.27. The summed E-state index contributed by atoms with van der Waals surface area (Å²) < 4.78 is 0. The molecule has 2 amide bonds. The van der Waals surface area contributed by atoms with Crippen molar-refractivity contribution in [3.05, 3.63) is 102 Å². The van der Waals surface area contributed by atoms with Gasteiger partial charge in [0.2, 0.25) is 11.8 Å². The molecular weight excluding hydrogens is 372 g/mol. The Hall–Kier alpha value is -3.84. The van der Waals surface area contributed by atoms with Gasteiger partial charge in [0, 0.05) is 30.5 Å². The van der Waals surface area contributed by atoms with Crippen molar-refractivity contribution >= 4 is 17.5 Å². The van der Waals surface area contributed by atoms with Crippen LogP contribution in [0.25, 0.3) is 0 Å². The van der Waals surface area contributed by atoms with E-state index in [0.717, 1.165) is 22.4 Å². The quantitative estimate of drug-likeness (QED) is 0.609. The van der Waals surface area contributed by atoms with Crippen LogP contribution in [0, 0.1) is 11.8 Å². The summed E-state index contributed by atoms with van der Waals surface area (Å²) in [6.07, 6.45) is 0.362. The number of amides is 2. The van der Waals surface area contributed by atoms with E-state index in [0.29, 0.717) is 6.42 Å². The molecule has 0 heterocycles. The average Bonchev–Trinajstić information content (AvgIpc) is 2.77. The Morgan fingerprint density at radius 3 is 1.93 bits per heavy atom. The van der Waals surface area contributed by atoms with Gasteiger partial charge in [-0.3, -0.25) is 9.59 Å². The molecule has 0 unspecified atom stereocenters. The summed E-state index contributed by atoms with van der Waals surface area (Å²) in [6.45, 7) is 1.75. The zero-order chi connectivity index (χ0) is 21.2. The maximum Gasteiger partial charge on any atom is 0.221 e. The fourth-order valence-electron chi connectivity index (χ4n) is 3.19. The predicted octanol–water partition coefficient (Wildman–Crippen LogP) is 4.33. The Kier molecular flexibility index (Phi) is 7.40. The SMILES string of the molecule is CC(=O)Nc1ccc(C#CCNC(=O)CC(c2ccccc2)c2ccccc2)cc1. The summed E-state index contributed by atoms with van der Waals surface area (Å²) in [5.74, 6) is 5.85. The van der Waals surface area contributed by atoms with Crippen LogP contribution in [0.3, 0.4) is 0 Å². The van der Waals surface area contributed by atoms with Crippen LogP contribution in [-0.2, 0) is 9.59 Å². The van der Waals surface area contributed by atoms with Gasteiger partial charge in [-0.25, -0.2) is 0 Å². The molecule has 0 spiro atoms. The van der Waals surface area contributed by atoms with Crippen molar-refractivity contribution < 1.29 is 9.59 Å². The Morgan fingerprint density at radius 1 is 0.833 bits per heavy atom. The molecule has 0 atom stereocenters.